The molecule has 4 heteroatoms. The molecule has 2 saturated heterocycles. The van der Waals surface area contributed by atoms with Crippen LogP contribution in [0, 0.1) is 11.8 Å². The molecule has 4 aliphatic heterocycles. The molecule has 0 radical (unpaired) electrons. The van der Waals surface area contributed by atoms with Crippen molar-refractivity contribution in [3.63, 3.8) is 0 Å². The van der Waals surface area contributed by atoms with Crippen LogP contribution < -0.4 is 0 Å². The van der Waals surface area contributed by atoms with Crippen LogP contribution in [-0.4, -0.2) is 12.6 Å². The fraction of sp³-hybridized carbons (Fsp3) is 0.200. The van der Waals surface area contributed by atoms with Gasteiger partial charge in [0.1, 0.15) is 0 Å². The van der Waals surface area contributed by atoms with Gasteiger partial charge in [-0.25, -0.2) is 0 Å². The van der Waals surface area contributed by atoms with Crippen LogP contribution in [-0.2, 0) is 18.9 Å². The number of rotatable bonds is 2. The third-order valence-electron chi connectivity index (χ3n) is 7.12. The highest BCUT2D eigenvalue weighted by molar-refractivity contribution is 5.83. The zero-order chi connectivity index (χ0) is 22.5. The summed E-state index contributed by atoms with van der Waals surface area (Å²) in [4.78, 5) is 0. The number of ether oxygens (including phenoxy) is 4. The van der Waals surface area contributed by atoms with Crippen LogP contribution in [0.5, 0.6) is 0 Å². The largest absolute Gasteiger partial charge is 0.472 e. The Morgan fingerprint density at radius 1 is 0.471 bits per heavy atom. The lowest BCUT2D eigenvalue weighted by Gasteiger charge is -2.38. The van der Waals surface area contributed by atoms with E-state index in [9.17, 15) is 0 Å². The molecule has 0 amide bonds. The standard InChI is InChI=1S/2C15H12O2/c2*1-2-4-11-9-12(6-5-10(11)3-1)14-13-7-8-16-15(13)17-14/h2*1-9,13-15H. The van der Waals surface area contributed by atoms with Gasteiger partial charge in [0.05, 0.1) is 36.6 Å². The maximum atomic E-state index is 5.71. The van der Waals surface area contributed by atoms with Gasteiger partial charge >= 0.3 is 0 Å². The predicted molar refractivity (Wildman–Crippen MR) is 131 cm³/mol. The summed E-state index contributed by atoms with van der Waals surface area (Å²) in [6.45, 7) is 0. The van der Waals surface area contributed by atoms with Crippen molar-refractivity contribution in [1.82, 2.24) is 0 Å². The molecule has 4 heterocycles. The van der Waals surface area contributed by atoms with E-state index in [0.29, 0.717) is 11.8 Å². The van der Waals surface area contributed by atoms with Crippen molar-refractivity contribution < 1.29 is 18.9 Å². The highest BCUT2D eigenvalue weighted by atomic mass is 16.7. The van der Waals surface area contributed by atoms with Gasteiger partial charge in [-0.2, -0.15) is 0 Å². The van der Waals surface area contributed by atoms with E-state index in [2.05, 4.69) is 97.1 Å². The van der Waals surface area contributed by atoms with Crippen molar-refractivity contribution in [2.75, 3.05) is 0 Å². The minimum atomic E-state index is -0.0496. The van der Waals surface area contributed by atoms with Crippen molar-refractivity contribution >= 4 is 21.5 Å². The molecule has 0 N–H and O–H groups in total. The van der Waals surface area contributed by atoms with Crippen LogP contribution >= 0.6 is 0 Å². The first-order valence-corrected chi connectivity index (χ1v) is 11.8. The summed E-state index contributed by atoms with van der Waals surface area (Å²) < 4.78 is 22.0. The van der Waals surface area contributed by atoms with Gasteiger partial charge in [-0.05, 0) is 57.0 Å². The molecule has 8 rings (SSSR count). The van der Waals surface area contributed by atoms with E-state index in [4.69, 9.17) is 18.9 Å². The van der Waals surface area contributed by atoms with Crippen LogP contribution in [0.25, 0.3) is 21.5 Å². The summed E-state index contributed by atoms with van der Waals surface area (Å²) in [5.74, 6) is 0.771. The summed E-state index contributed by atoms with van der Waals surface area (Å²) in [5, 5.41) is 5.07. The molecule has 0 bridgehead atoms. The highest BCUT2D eigenvalue weighted by Crippen LogP contribution is 2.46. The minimum absolute atomic E-state index is 0.0496. The Kier molecular flexibility index (Phi) is 4.67. The number of fused-ring (bicyclic) bond motifs is 4. The number of hydrogen-bond donors (Lipinski definition) is 0. The Labute approximate surface area is 198 Å². The highest BCUT2D eigenvalue weighted by Gasteiger charge is 2.46. The average molecular weight is 449 g/mol. The molecule has 6 unspecified atom stereocenters. The fourth-order valence-corrected chi connectivity index (χ4v) is 5.19. The molecule has 4 aromatic carbocycles. The zero-order valence-corrected chi connectivity index (χ0v) is 18.5. The van der Waals surface area contributed by atoms with E-state index in [1.54, 1.807) is 12.5 Å². The van der Waals surface area contributed by atoms with Crippen LogP contribution in [0.2, 0.25) is 0 Å². The second-order valence-corrected chi connectivity index (χ2v) is 9.15. The van der Waals surface area contributed by atoms with Crippen molar-refractivity contribution in [2.45, 2.75) is 24.8 Å². The van der Waals surface area contributed by atoms with Crippen molar-refractivity contribution in [2.24, 2.45) is 11.8 Å². The Balaban J connectivity index is 0.000000118. The molecule has 4 aromatic rings. The molecular weight excluding hydrogens is 424 g/mol. The molecule has 0 aliphatic carbocycles. The quantitative estimate of drug-likeness (QED) is 0.338. The molecule has 0 aromatic heterocycles. The van der Waals surface area contributed by atoms with Crippen LogP contribution in [0.4, 0.5) is 0 Å². The average Bonchev–Trinajstić information content (AvgIpc) is 3.41. The van der Waals surface area contributed by atoms with Crippen molar-refractivity contribution in [3.8, 4) is 0 Å². The summed E-state index contributed by atoms with van der Waals surface area (Å²) in [7, 11) is 0. The van der Waals surface area contributed by atoms with Crippen LogP contribution in [0.3, 0.4) is 0 Å². The molecule has 0 spiro atoms. The molecule has 4 aliphatic rings. The van der Waals surface area contributed by atoms with Gasteiger partial charge < -0.3 is 18.9 Å². The molecule has 0 saturated carbocycles. The van der Waals surface area contributed by atoms with E-state index in [-0.39, 0.29) is 24.8 Å². The smallest absolute Gasteiger partial charge is 0.208 e. The zero-order valence-electron chi connectivity index (χ0n) is 18.5. The lowest BCUT2D eigenvalue weighted by atomic mass is 9.90. The number of benzene rings is 4. The summed E-state index contributed by atoms with van der Waals surface area (Å²) in [6.07, 6.45) is 7.89. The first-order valence-electron chi connectivity index (χ1n) is 11.8. The first-order chi connectivity index (χ1) is 16.8. The second-order valence-electron chi connectivity index (χ2n) is 9.15. The topological polar surface area (TPSA) is 36.9 Å². The summed E-state index contributed by atoms with van der Waals surface area (Å²) >= 11 is 0. The lowest BCUT2D eigenvalue weighted by molar-refractivity contribution is -0.258. The maximum Gasteiger partial charge on any atom is 0.208 e. The van der Waals surface area contributed by atoms with E-state index < -0.39 is 0 Å². The van der Waals surface area contributed by atoms with Gasteiger partial charge in [0.25, 0.3) is 0 Å². The van der Waals surface area contributed by atoms with Gasteiger partial charge in [-0.1, -0.05) is 72.8 Å². The van der Waals surface area contributed by atoms with E-state index in [0.717, 1.165) is 0 Å². The van der Waals surface area contributed by atoms with Crippen LogP contribution in [0.1, 0.15) is 23.3 Å². The summed E-state index contributed by atoms with van der Waals surface area (Å²) in [5.41, 5.74) is 2.47. The predicted octanol–water partition coefficient (Wildman–Crippen LogP) is 6.79. The molecule has 2 fully saturated rings. The normalized spacial score (nSPS) is 29.8. The third-order valence-corrected chi connectivity index (χ3v) is 7.12. The second kappa shape index (κ2) is 8.01. The molecule has 4 nitrogen and oxygen atoms in total. The monoisotopic (exact) mass is 448 g/mol. The fourth-order valence-electron chi connectivity index (χ4n) is 5.19. The lowest BCUT2D eigenvalue weighted by Crippen LogP contribution is -2.39. The molecule has 168 valence electrons. The van der Waals surface area contributed by atoms with Gasteiger partial charge in [0.2, 0.25) is 12.6 Å². The Morgan fingerprint density at radius 2 is 0.912 bits per heavy atom. The maximum absolute atomic E-state index is 5.71. The van der Waals surface area contributed by atoms with Crippen molar-refractivity contribution in [1.29, 1.82) is 0 Å². The van der Waals surface area contributed by atoms with E-state index in [1.165, 1.54) is 32.7 Å². The minimum Gasteiger partial charge on any atom is -0.472 e. The molecule has 34 heavy (non-hydrogen) atoms. The molecular formula is C30H24O4. The Hall–Kier alpha value is -3.60. The van der Waals surface area contributed by atoms with Gasteiger partial charge in [-0.3, -0.25) is 0 Å². The van der Waals surface area contributed by atoms with Gasteiger partial charge in [0.15, 0.2) is 0 Å². The SMILES string of the molecule is C1=CC2C(O1)OC2c1ccc2ccccc2c1.C1=CC2C(O1)OC2c1ccc2ccccc2c1. The molecule has 6 atom stereocenters. The van der Waals surface area contributed by atoms with Crippen LogP contribution in [0.15, 0.2) is 110 Å². The van der Waals surface area contributed by atoms with Crippen molar-refractivity contribution in [3.05, 3.63) is 121 Å². The van der Waals surface area contributed by atoms with E-state index in [1.807, 2.05) is 0 Å². The van der Waals surface area contributed by atoms with Gasteiger partial charge in [-0.15, -0.1) is 0 Å². The van der Waals surface area contributed by atoms with Gasteiger partial charge in [0, 0.05) is 0 Å². The Morgan fingerprint density at radius 3 is 1.35 bits per heavy atom. The number of hydrogen-bond acceptors (Lipinski definition) is 4. The third kappa shape index (κ3) is 3.30. The Bertz CT molecular complexity index is 1310. The van der Waals surface area contributed by atoms with E-state index >= 15 is 0 Å². The first kappa shape index (κ1) is 19.8. The summed E-state index contributed by atoms with van der Waals surface area (Å²) in [6, 6.07) is 29.8.